The molecular formula is Al2Fe2O8Si. The van der Waals surface area contributed by atoms with E-state index in [-0.39, 0.29) is 0 Å². The Hall–Kier alpha value is 0.881. The van der Waals surface area contributed by atoms with Crippen molar-refractivity contribution >= 4 is 40.3 Å². The van der Waals surface area contributed by atoms with Crippen LogP contribution in [-0.4, -0.2) is 40.3 Å². The summed E-state index contributed by atoms with van der Waals surface area (Å²) in [7, 11) is -1.42. The first-order chi connectivity index (χ1) is 6.24. The van der Waals surface area contributed by atoms with Crippen molar-refractivity contribution in [3.63, 3.8) is 0 Å². The zero-order valence-electron chi connectivity index (χ0n) is 5.63. The van der Waals surface area contributed by atoms with Gasteiger partial charge in [-0.05, 0) is 0 Å². The molecule has 0 aliphatic carbocycles. The third-order valence-corrected chi connectivity index (χ3v) is 1.71. The number of hydrogen-bond donors (Lipinski definition) is 0. The molecule has 74 valence electrons. The van der Waals surface area contributed by atoms with Crippen LogP contribution in [0.3, 0.4) is 0 Å². The molecule has 0 saturated heterocycles. The van der Waals surface area contributed by atoms with Crippen LogP contribution in [0.25, 0.3) is 0 Å². The van der Waals surface area contributed by atoms with Gasteiger partial charge in [0, 0.05) is 0 Å². The van der Waals surface area contributed by atoms with E-state index < -0.39 is 70.7 Å². The Kier molecular flexibility index (Phi) is 43.8. The van der Waals surface area contributed by atoms with Crippen LogP contribution in [0.4, 0.5) is 0 Å². The molecule has 0 aromatic carbocycles. The second kappa shape index (κ2) is 29.3. The molecule has 0 rings (SSSR count). The minimum atomic E-state index is -1.42. The Labute approximate surface area is 99.9 Å². The van der Waals surface area contributed by atoms with E-state index in [4.69, 9.17) is 16.6 Å². The monoisotopic (exact) mass is 322 g/mol. The van der Waals surface area contributed by atoms with Crippen LogP contribution in [0.5, 0.6) is 0 Å². The van der Waals surface area contributed by atoms with Gasteiger partial charge in [0.15, 0.2) is 0 Å². The summed E-state index contributed by atoms with van der Waals surface area (Å²) in [5.41, 5.74) is 0. The third-order valence-electron chi connectivity index (χ3n) is 0.153. The van der Waals surface area contributed by atoms with Gasteiger partial charge in [0.1, 0.15) is 0 Å². The fourth-order valence-corrected chi connectivity index (χ4v) is 0.349. The minimum absolute atomic E-state index is 0.719. The van der Waals surface area contributed by atoms with Crippen molar-refractivity contribution in [1.29, 1.82) is 0 Å². The molecule has 0 amide bonds. The molecule has 0 unspecified atom stereocenters. The summed E-state index contributed by atoms with van der Waals surface area (Å²) in [6, 6.07) is 0. The molecule has 0 saturated carbocycles. The molecule has 8 nitrogen and oxygen atoms in total. The van der Waals surface area contributed by atoms with Crippen LogP contribution >= 0.6 is 0 Å². The number of rotatable bonds is 4. The van der Waals surface area contributed by atoms with Gasteiger partial charge in [-0.3, -0.25) is 8.92 Å². The summed E-state index contributed by atoms with van der Waals surface area (Å²) in [6.07, 6.45) is 0. The average molecular weight is 322 g/mol. The topological polar surface area (TPSA) is 121 Å². The molecule has 0 bridgehead atoms. The predicted octanol–water partition coefficient (Wildman–Crippen LogP) is -2.00. The molecule has 0 aromatic rings. The second-order valence-electron chi connectivity index (χ2n) is 0.581. The maximum atomic E-state index is 9.21. The zero-order valence-corrected chi connectivity index (χ0v) is 11.1. The summed E-state index contributed by atoms with van der Waals surface area (Å²) in [5, 5.41) is 0. The zero-order chi connectivity index (χ0) is 10.9. The van der Waals surface area contributed by atoms with E-state index in [9.17, 15) is 7.61 Å². The van der Waals surface area contributed by atoms with E-state index in [1.54, 1.807) is 0 Å². The van der Waals surface area contributed by atoms with Gasteiger partial charge in [-0.15, -0.1) is 0 Å². The molecular weight excluding hydrogens is 322 g/mol. The van der Waals surface area contributed by atoms with Crippen molar-refractivity contribution in [1.82, 2.24) is 0 Å². The Morgan fingerprint density at radius 2 is 1.31 bits per heavy atom. The van der Waals surface area contributed by atoms with Crippen molar-refractivity contribution in [2.24, 2.45) is 0 Å². The average Bonchev–Trinajstić information content (AvgIpc) is 2.09. The normalized spacial score (nSPS) is 5.23. The van der Waals surface area contributed by atoms with Crippen molar-refractivity contribution < 1.29 is 60.4 Å². The van der Waals surface area contributed by atoms with Gasteiger partial charge in [-0.1, -0.05) is 0 Å². The summed E-state index contributed by atoms with van der Waals surface area (Å²) in [6.45, 7) is 0. The van der Waals surface area contributed by atoms with Crippen LogP contribution in [0.1, 0.15) is 0 Å². The van der Waals surface area contributed by atoms with E-state index >= 15 is 0 Å². The van der Waals surface area contributed by atoms with Crippen LogP contribution < -0.4 is 0 Å². The number of hydrogen-bond acceptors (Lipinski definition) is 8. The summed E-state index contributed by atoms with van der Waals surface area (Å²) >= 11 is -3.92. The van der Waals surface area contributed by atoms with Crippen LogP contribution in [-0.2, 0) is 60.4 Å². The predicted molar refractivity (Wildman–Crippen MR) is 23.6 cm³/mol. The Morgan fingerprint density at radius 3 is 1.31 bits per heavy atom. The van der Waals surface area contributed by atoms with E-state index in [1.165, 1.54) is 0 Å². The Balaban J connectivity index is -0.000000120. The van der Waals surface area contributed by atoms with Gasteiger partial charge in [0.2, 0.25) is 0 Å². The molecule has 0 aliphatic rings. The summed E-state index contributed by atoms with van der Waals surface area (Å²) < 4.78 is 61.1. The van der Waals surface area contributed by atoms with Crippen molar-refractivity contribution in [3.05, 3.63) is 0 Å². The van der Waals surface area contributed by atoms with Gasteiger partial charge in [0.05, 0.1) is 0 Å². The second-order valence-corrected chi connectivity index (χ2v) is 3.41. The molecule has 13 heavy (non-hydrogen) atoms. The van der Waals surface area contributed by atoms with Crippen LogP contribution in [0.2, 0.25) is 0 Å². The fraction of sp³-hybridized carbons (Fsp3) is 0. The molecule has 0 spiro atoms. The molecule has 0 fully saturated rings. The van der Waals surface area contributed by atoms with Gasteiger partial charge in [0.25, 0.3) is 0 Å². The van der Waals surface area contributed by atoms with Crippen LogP contribution in [0.15, 0.2) is 0 Å². The SMILES string of the molecule is O=[Si]=O.[O]=[Al][O][Al]=[O].[O]=[Fe][O][Fe]=[O]. The molecule has 0 radical (unpaired) electrons. The molecule has 0 aliphatic heterocycles. The first-order valence-electron chi connectivity index (χ1n) is 1.93. The van der Waals surface area contributed by atoms with E-state index in [2.05, 4.69) is 5.74 Å². The van der Waals surface area contributed by atoms with Crippen molar-refractivity contribution in [2.75, 3.05) is 0 Å². The Bertz CT molecular complexity index is 149. The van der Waals surface area contributed by atoms with Gasteiger partial charge >= 0.3 is 91.7 Å². The first kappa shape index (κ1) is 19.5. The van der Waals surface area contributed by atoms with Gasteiger partial charge < -0.3 is 0 Å². The molecule has 0 heterocycles. The Morgan fingerprint density at radius 1 is 1.00 bits per heavy atom. The standard InChI is InChI=1S/2Al.2Fe.O2Si.6O/c;;;;1-3-2;;;;;;. The van der Waals surface area contributed by atoms with Crippen LogP contribution in [0, 0.1) is 0 Å². The van der Waals surface area contributed by atoms with E-state index in [1.807, 2.05) is 0 Å². The van der Waals surface area contributed by atoms with Crippen molar-refractivity contribution in [3.8, 4) is 0 Å². The quantitative estimate of drug-likeness (QED) is 0.545. The maximum absolute atomic E-state index is 9.21. The van der Waals surface area contributed by atoms with Gasteiger partial charge in [-0.2, -0.15) is 0 Å². The van der Waals surface area contributed by atoms with Gasteiger partial charge in [-0.25, -0.2) is 0 Å². The first-order valence-corrected chi connectivity index (χ1v) is 6.43. The fourth-order valence-electron chi connectivity index (χ4n) is 0.0312. The van der Waals surface area contributed by atoms with E-state index in [0.717, 1.165) is 0 Å². The van der Waals surface area contributed by atoms with Crippen molar-refractivity contribution in [2.45, 2.75) is 0 Å². The molecule has 0 atom stereocenters. The van der Waals surface area contributed by atoms with E-state index in [0.29, 0.717) is 0 Å². The summed E-state index contributed by atoms with van der Waals surface area (Å²) in [4.78, 5) is 0. The molecule has 13 heteroatoms. The molecule has 0 N–H and O–H groups in total. The third kappa shape index (κ3) is 64.0. The molecule has 0 aromatic heterocycles. The summed E-state index contributed by atoms with van der Waals surface area (Å²) in [5.74, 6) is 0.